The number of carbonyl (C=O) groups is 2. The molecule has 8 heteroatoms. The van der Waals surface area contributed by atoms with Gasteiger partial charge in [0, 0.05) is 25.3 Å². The van der Waals surface area contributed by atoms with Gasteiger partial charge in [0.25, 0.3) is 5.65 Å². The van der Waals surface area contributed by atoms with Crippen molar-refractivity contribution < 1.29 is 14.3 Å². The number of hydrogen-bond acceptors (Lipinski definition) is 4. The molecule has 6 nitrogen and oxygen atoms in total. The zero-order valence-corrected chi connectivity index (χ0v) is 17.1. The van der Waals surface area contributed by atoms with Gasteiger partial charge < -0.3 is 4.74 Å². The monoisotopic (exact) mass is 445 g/mol. The summed E-state index contributed by atoms with van der Waals surface area (Å²) in [5, 5.41) is 0. The molecule has 1 aliphatic rings. The molecule has 0 aliphatic carbocycles. The van der Waals surface area contributed by atoms with E-state index in [1.54, 1.807) is 18.2 Å². The van der Waals surface area contributed by atoms with E-state index in [1.807, 2.05) is 47.0 Å². The summed E-state index contributed by atoms with van der Waals surface area (Å²) in [4.78, 5) is 31.7. The Morgan fingerprint density at radius 2 is 2.00 bits per heavy atom. The third-order valence-corrected chi connectivity index (χ3v) is 7.38. The molecule has 3 heterocycles. The molecule has 138 valence electrons. The lowest BCUT2D eigenvalue weighted by molar-refractivity contribution is -0.111. The number of nitrogens with zero attached hydrogens (tertiary/aromatic N) is 3. The predicted octanol–water partition coefficient (Wildman–Crippen LogP) is 4.64. The molecule has 1 aromatic carbocycles. The van der Waals surface area contributed by atoms with E-state index in [4.69, 9.17) is 4.74 Å². The predicted molar refractivity (Wildman–Crippen MR) is 109 cm³/mol. The highest BCUT2D eigenvalue weighted by Gasteiger charge is 2.37. The first-order chi connectivity index (χ1) is 13.1. The van der Waals surface area contributed by atoms with Crippen LogP contribution in [0.5, 0.6) is 5.75 Å². The first-order valence-electron chi connectivity index (χ1n) is 8.45. The molecule has 1 unspecified atom stereocenters. The Morgan fingerprint density at radius 3 is 2.74 bits per heavy atom. The molecule has 0 N–H and O–H groups in total. The molecule has 1 fully saturated rings. The van der Waals surface area contributed by atoms with Gasteiger partial charge in [-0.2, -0.15) is 0 Å². The van der Waals surface area contributed by atoms with Crippen LogP contribution < -0.4 is 9.64 Å². The zero-order chi connectivity index (χ0) is 19.0. The summed E-state index contributed by atoms with van der Waals surface area (Å²) in [6.45, 7) is 0.372. The lowest BCUT2D eigenvalue weighted by atomic mass is 10.2. The molecule has 1 saturated heterocycles. The molecule has 0 spiro atoms. The third kappa shape index (κ3) is 3.26. The summed E-state index contributed by atoms with van der Waals surface area (Å²) in [7, 11) is 0.161. The molecule has 1 atom stereocenters. The highest BCUT2D eigenvalue weighted by Crippen LogP contribution is 2.48. The summed E-state index contributed by atoms with van der Waals surface area (Å²) in [5.74, 6) is 1.27. The Kier molecular flexibility index (Phi) is 4.98. The van der Waals surface area contributed by atoms with E-state index < -0.39 is 7.92 Å². The molecular weight excluding hydrogens is 429 g/mol. The Morgan fingerprint density at radius 1 is 1.22 bits per heavy atom. The van der Waals surface area contributed by atoms with Gasteiger partial charge in [0.1, 0.15) is 5.82 Å². The number of aromatic nitrogens is 2. The molecule has 27 heavy (non-hydrogen) atoms. The maximum absolute atomic E-state index is 13.2. The van der Waals surface area contributed by atoms with Crippen molar-refractivity contribution in [3.05, 3.63) is 58.8 Å². The summed E-state index contributed by atoms with van der Waals surface area (Å²) in [6, 6.07) is 11.5. The molecule has 0 saturated carbocycles. The number of amides is 1. The van der Waals surface area contributed by atoms with Crippen molar-refractivity contribution in [3.63, 3.8) is 0 Å². The van der Waals surface area contributed by atoms with Crippen LogP contribution in [-0.4, -0.2) is 34.2 Å². The minimum Gasteiger partial charge on any atom is -0.492 e. The molecule has 4 rings (SSSR count). The molecule has 1 aliphatic heterocycles. The highest BCUT2D eigenvalue weighted by atomic mass is 79.9. The summed E-state index contributed by atoms with van der Waals surface area (Å²) in [5.41, 5.74) is 1.58. The lowest BCUT2D eigenvalue weighted by Crippen LogP contribution is -2.37. The van der Waals surface area contributed by atoms with Crippen LogP contribution in [0.15, 0.2) is 53.3 Å². The van der Waals surface area contributed by atoms with Gasteiger partial charge in [0.2, 0.25) is 0 Å². The minimum atomic E-state index is -1.42. The average Bonchev–Trinajstić information content (AvgIpc) is 3.10. The van der Waals surface area contributed by atoms with Crippen molar-refractivity contribution in [2.75, 3.05) is 18.6 Å². The van der Waals surface area contributed by atoms with E-state index in [9.17, 15) is 9.59 Å². The van der Waals surface area contributed by atoms with E-state index in [2.05, 4.69) is 20.9 Å². The Labute approximate surface area is 166 Å². The number of anilines is 1. The van der Waals surface area contributed by atoms with Gasteiger partial charge in [-0.05, 0) is 27.6 Å². The van der Waals surface area contributed by atoms with Crippen LogP contribution in [0.3, 0.4) is 0 Å². The molecule has 1 amide bonds. The first-order valence-corrected chi connectivity index (χ1v) is 10.8. The number of fused-ring (bicyclic) bond motifs is 1. The van der Waals surface area contributed by atoms with Crippen molar-refractivity contribution in [3.8, 4) is 5.75 Å². The second kappa shape index (κ2) is 7.41. The summed E-state index contributed by atoms with van der Waals surface area (Å²) < 4.78 is 8.04. The fourth-order valence-corrected chi connectivity index (χ4v) is 5.62. The van der Waals surface area contributed by atoms with Gasteiger partial charge in [-0.25, -0.2) is 4.98 Å². The first kappa shape index (κ1) is 18.1. The maximum Gasteiger partial charge on any atom is 0.257 e. The number of ether oxygens (including phenoxy) is 1. The Balaban J connectivity index is 1.69. The lowest BCUT2D eigenvalue weighted by Gasteiger charge is -2.30. The van der Waals surface area contributed by atoms with Crippen LogP contribution in [0.4, 0.5) is 10.6 Å². The van der Waals surface area contributed by atoms with E-state index in [0.29, 0.717) is 36.3 Å². The second-order valence-corrected chi connectivity index (χ2v) is 9.06. The van der Waals surface area contributed by atoms with E-state index in [0.717, 1.165) is 10.0 Å². The zero-order valence-electron chi connectivity index (χ0n) is 14.6. The van der Waals surface area contributed by atoms with Crippen molar-refractivity contribution in [2.24, 2.45) is 0 Å². The van der Waals surface area contributed by atoms with Crippen LogP contribution in [0.1, 0.15) is 12.0 Å². The van der Waals surface area contributed by atoms with Gasteiger partial charge in [-0.3, -0.25) is 18.9 Å². The number of rotatable bonds is 4. The average molecular weight is 446 g/mol. The number of halogens is 1. The van der Waals surface area contributed by atoms with Crippen LogP contribution in [-0.2, 0) is 11.0 Å². The molecule has 0 bridgehead atoms. The molecule has 3 aromatic rings. The van der Waals surface area contributed by atoms with E-state index >= 15 is 0 Å². The van der Waals surface area contributed by atoms with Crippen molar-refractivity contribution in [1.82, 2.24) is 9.38 Å². The van der Waals surface area contributed by atoms with Crippen LogP contribution >= 0.6 is 23.9 Å². The minimum absolute atomic E-state index is 0.0595. The van der Waals surface area contributed by atoms with Crippen molar-refractivity contribution in [2.45, 2.75) is 12.6 Å². The number of imidazole rings is 1. The summed E-state index contributed by atoms with van der Waals surface area (Å²) >= 11 is 3.45. The number of methoxy groups -OCH3 is 1. The second-order valence-electron chi connectivity index (χ2n) is 6.16. The maximum atomic E-state index is 13.2. The molecule has 2 aromatic heterocycles. The number of hydrogen-bond donors (Lipinski definition) is 0. The molecular formula is C19H17BrN3O3P. The van der Waals surface area contributed by atoms with E-state index in [1.165, 1.54) is 0 Å². The van der Waals surface area contributed by atoms with Gasteiger partial charge in [-0.15, -0.1) is 0 Å². The van der Waals surface area contributed by atoms with Crippen molar-refractivity contribution in [1.29, 1.82) is 0 Å². The van der Waals surface area contributed by atoms with Gasteiger partial charge in [0.05, 0.1) is 25.7 Å². The SMILES string of the molecule is COc1c(Br)ccn2c(N3CCC(=O)P(Cc4ccccc4)C3=O)cnc12. The Bertz CT molecular complexity index is 1020. The normalized spacial score (nSPS) is 17.6. The number of carbonyl (C=O) groups excluding carboxylic acids is 2. The van der Waals surface area contributed by atoms with Crippen LogP contribution in [0.25, 0.3) is 5.65 Å². The van der Waals surface area contributed by atoms with Crippen LogP contribution in [0, 0.1) is 0 Å². The number of benzene rings is 1. The molecule has 0 radical (unpaired) electrons. The van der Waals surface area contributed by atoms with Gasteiger partial charge in [-0.1, -0.05) is 30.3 Å². The van der Waals surface area contributed by atoms with Gasteiger partial charge in [0.15, 0.2) is 16.9 Å². The largest absolute Gasteiger partial charge is 0.492 e. The quantitative estimate of drug-likeness (QED) is 0.548. The number of pyridine rings is 1. The standard InChI is InChI=1S/C19H17BrN3O3P/c1-26-17-14(20)7-9-22-15(11-21-18(17)22)23-10-8-16(24)27(19(23)25)12-13-5-3-2-4-6-13/h2-7,9,11H,8,10,12H2,1H3. The summed E-state index contributed by atoms with van der Waals surface area (Å²) in [6.07, 6.45) is 4.35. The smallest absolute Gasteiger partial charge is 0.257 e. The highest BCUT2D eigenvalue weighted by molar-refractivity contribution is 9.10. The van der Waals surface area contributed by atoms with E-state index in [-0.39, 0.29) is 11.2 Å². The van der Waals surface area contributed by atoms with Crippen LogP contribution in [0.2, 0.25) is 0 Å². The fourth-order valence-electron chi connectivity index (χ4n) is 3.20. The third-order valence-electron chi connectivity index (χ3n) is 4.54. The van der Waals surface area contributed by atoms with Crippen molar-refractivity contribution >= 4 is 46.5 Å². The topological polar surface area (TPSA) is 63.9 Å². The fraction of sp³-hybridized carbons (Fsp3) is 0.211. The van der Waals surface area contributed by atoms with Gasteiger partial charge >= 0.3 is 0 Å². The Hall–Kier alpha value is -2.24.